The molecule has 0 amide bonds. The zero-order valence-corrected chi connectivity index (χ0v) is 28.3. The third-order valence-electron chi connectivity index (χ3n) is 11.4. The van der Waals surface area contributed by atoms with Gasteiger partial charge in [-0.25, -0.2) is 0 Å². The fraction of sp³-hybridized carbons (Fsp3) is 0.279. The van der Waals surface area contributed by atoms with Gasteiger partial charge in [-0.1, -0.05) is 72.8 Å². The van der Waals surface area contributed by atoms with E-state index in [0.717, 1.165) is 76.1 Å². The maximum atomic E-state index is 13.9. The number of halogens is 6. The molecule has 0 aliphatic carbocycles. The summed E-state index contributed by atoms with van der Waals surface area (Å²) in [5, 5.41) is 5.43. The maximum Gasteiger partial charge on any atom is 0.416 e. The summed E-state index contributed by atoms with van der Waals surface area (Å²) in [4.78, 5) is 4.57. The minimum atomic E-state index is -4.96. The molecule has 0 radical (unpaired) electrons. The average molecular weight is 712 g/mol. The third-order valence-corrected chi connectivity index (χ3v) is 11.4. The van der Waals surface area contributed by atoms with Crippen LogP contribution in [-0.4, -0.2) is 28.6 Å². The number of para-hydroxylation sites is 1. The molecular weight excluding hydrogens is 674 g/mol. The van der Waals surface area contributed by atoms with Crippen LogP contribution >= 0.6 is 0 Å². The molecule has 6 aromatic rings. The van der Waals surface area contributed by atoms with E-state index < -0.39 is 36.2 Å². The summed E-state index contributed by atoms with van der Waals surface area (Å²) in [6.45, 7) is 6.09. The van der Waals surface area contributed by atoms with Crippen molar-refractivity contribution in [2.45, 2.75) is 50.5 Å². The number of pyridine rings is 1. The Morgan fingerprint density at radius 3 is 2.04 bits per heavy atom. The smallest absolute Gasteiger partial charge is 0.363 e. The first-order valence-electron chi connectivity index (χ1n) is 17.5. The Labute approximate surface area is 297 Å². The molecule has 266 valence electrons. The Morgan fingerprint density at radius 2 is 1.40 bits per heavy atom. The topological polar surface area (TPSA) is 22.1 Å². The van der Waals surface area contributed by atoms with Crippen LogP contribution in [0.2, 0.25) is 0 Å². The van der Waals surface area contributed by atoms with Crippen molar-refractivity contribution in [1.82, 2.24) is 4.98 Å². The van der Waals surface area contributed by atoms with Crippen LogP contribution in [0.25, 0.3) is 32.4 Å². The highest BCUT2D eigenvalue weighted by atomic mass is 19.4. The number of fused-ring (bicyclic) bond motifs is 6. The van der Waals surface area contributed by atoms with Gasteiger partial charge in [0.05, 0.1) is 36.3 Å². The lowest BCUT2D eigenvalue weighted by Crippen LogP contribution is -2.67. The molecule has 52 heavy (non-hydrogen) atoms. The largest absolute Gasteiger partial charge is 0.416 e. The van der Waals surface area contributed by atoms with Crippen molar-refractivity contribution in [3.8, 4) is 0 Å². The van der Waals surface area contributed by atoms with E-state index in [0.29, 0.717) is 16.9 Å². The Morgan fingerprint density at radius 1 is 0.788 bits per heavy atom. The minimum absolute atomic E-state index is 0.160. The number of rotatable bonds is 8. The Hall–Kier alpha value is -4.73. The number of alkyl halides is 6. The van der Waals surface area contributed by atoms with Crippen molar-refractivity contribution in [3.63, 3.8) is 0 Å². The van der Waals surface area contributed by atoms with E-state index in [9.17, 15) is 26.3 Å². The lowest BCUT2D eigenvalue weighted by atomic mass is 9.70. The van der Waals surface area contributed by atoms with E-state index in [1.807, 2.05) is 60.7 Å². The second-order valence-electron chi connectivity index (χ2n) is 14.4. The van der Waals surface area contributed by atoms with Crippen LogP contribution in [0, 0.1) is 11.8 Å². The van der Waals surface area contributed by atoms with Gasteiger partial charge >= 0.3 is 12.4 Å². The van der Waals surface area contributed by atoms with E-state index in [-0.39, 0.29) is 23.6 Å². The summed E-state index contributed by atoms with van der Waals surface area (Å²) in [5.41, 5.74) is -0.120. The molecule has 3 unspecified atom stereocenters. The summed E-state index contributed by atoms with van der Waals surface area (Å²) in [7, 11) is 0. The average Bonchev–Trinajstić information content (AvgIpc) is 3.14. The second kappa shape index (κ2) is 13.0. The van der Waals surface area contributed by atoms with Crippen LogP contribution in [0.15, 0.2) is 122 Å². The molecule has 3 aliphatic rings. The molecule has 5 atom stereocenters. The number of hydrogen-bond donors (Lipinski definition) is 0. The van der Waals surface area contributed by atoms with Crippen LogP contribution in [0.4, 0.5) is 26.3 Å². The van der Waals surface area contributed by atoms with Crippen LogP contribution in [0.5, 0.6) is 0 Å². The van der Waals surface area contributed by atoms with Gasteiger partial charge < -0.3 is 9.22 Å². The van der Waals surface area contributed by atoms with Crippen molar-refractivity contribution >= 4 is 32.4 Å². The van der Waals surface area contributed by atoms with E-state index >= 15 is 0 Å². The molecule has 1 aromatic heterocycles. The van der Waals surface area contributed by atoms with Gasteiger partial charge in [0, 0.05) is 35.9 Å². The third kappa shape index (κ3) is 6.24. The summed E-state index contributed by atoms with van der Waals surface area (Å²) in [6.07, 6.45) is -5.09. The van der Waals surface area contributed by atoms with Crippen molar-refractivity contribution in [2.75, 3.05) is 13.1 Å². The Kier molecular flexibility index (Phi) is 8.62. The zero-order valence-electron chi connectivity index (χ0n) is 28.3. The first-order valence-corrected chi connectivity index (χ1v) is 17.5. The summed E-state index contributed by atoms with van der Waals surface area (Å²) >= 11 is 0. The highest BCUT2D eigenvalue weighted by molar-refractivity contribution is 6.02. The molecule has 5 aromatic carbocycles. The molecule has 3 fully saturated rings. The monoisotopic (exact) mass is 711 g/mol. The zero-order chi connectivity index (χ0) is 36.3. The maximum absolute atomic E-state index is 13.9. The number of hydrogen-bond acceptors (Lipinski definition) is 2. The van der Waals surface area contributed by atoms with E-state index in [4.69, 9.17) is 4.74 Å². The van der Waals surface area contributed by atoms with Crippen molar-refractivity contribution < 1.29 is 35.6 Å². The van der Waals surface area contributed by atoms with E-state index in [1.165, 1.54) is 5.56 Å². The van der Waals surface area contributed by atoms with Gasteiger partial charge in [-0.3, -0.25) is 4.98 Å². The quantitative estimate of drug-likeness (QED) is 0.0679. The normalized spacial score (nSPS) is 22.6. The van der Waals surface area contributed by atoms with Crippen molar-refractivity contribution in [1.29, 1.82) is 0 Å². The molecule has 2 bridgehead atoms. The fourth-order valence-corrected chi connectivity index (χ4v) is 9.02. The van der Waals surface area contributed by atoms with Gasteiger partial charge in [0.2, 0.25) is 0 Å². The summed E-state index contributed by atoms with van der Waals surface area (Å²) in [6, 6.07) is 30.0. The number of benzene rings is 5. The first kappa shape index (κ1) is 34.4. The van der Waals surface area contributed by atoms with Crippen molar-refractivity contribution in [3.05, 3.63) is 150 Å². The van der Waals surface area contributed by atoms with Gasteiger partial charge in [0.25, 0.3) is 0 Å². The predicted molar refractivity (Wildman–Crippen MR) is 191 cm³/mol. The van der Waals surface area contributed by atoms with Gasteiger partial charge in [0.15, 0.2) is 0 Å². The van der Waals surface area contributed by atoms with Crippen LogP contribution in [0.1, 0.15) is 46.8 Å². The van der Waals surface area contributed by atoms with Crippen LogP contribution < -0.4 is 0 Å². The number of nitrogens with zero attached hydrogens (tertiary/aromatic N) is 2. The fourth-order valence-electron chi connectivity index (χ4n) is 9.02. The molecule has 0 saturated carbocycles. The number of piperidine rings is 3. The van der Waals surface area contributed by atoms with Crippen molar-refractivity contribution in [2.24, 2.45) is 11.8 Å². The molecule has 3 aliphatic heterocycles. The Bertz CT molecular complexity index is 2210. The molecule has 3 saturated heterocycles. The summed E-state index contributed by atoms with van der Waals surface area (Å²) < 4.78 is 90.7. The lowest BCUT2D eigenvalue weighted by Gasteiger charge is -2.58. The first-order chi connectivity index (χ1) is 24.9. The number of quaternary nitrogens is 1. The van der Waals surface area contributed by atoms with E-state index in [1.54, 1.807) is 6.20 Å². The second-order valence-corrected chi connectivity index (χ2v) is 14.4. The highest BCUT2D eigenvalue weighted by Crippen LogP contribution is 2.50. The predicted octanol–water partition coefficient (Wildman–Crippen LogP) is 11.4. The highest BCUT2D eigenvalue weighted by Gasteiger charge is 2.55. The SMILES string of the molecule is C=C[C@H]1C[N@@+]2(Cc3c4ccccc4cc4ccccc34)CCC1CC2C(OCc1cc(C(F)(F)F)cc(C(F)(F)F)c1)c1ccnc2ccccc12. The molecule has 0 spiro atoms. The van der Waals surface area contributed by atoms with Crippen LogP contribution in [0.3, 0.4) is 0 Å². The van der Waals surface area contributed by atoms with E-state index in [2.05, 4.69) is 41.9 Å². The van der Waals surface area contributed by atoms with Gasteiger partial charge in [-0.05, 0) is 75.0 Å². The minimum Gasteiger partial charge on any atom is -0.363 e. The molecule has 9 heteroatoms. The Balaban J connectivity index is 1.28. The number of aromatic nitrogens is 1. The standard InChI is InChI=1S/C43H37F6N2O/c1-2-28-24-51(25-38-34-11-5-3-9-30(34)21-31-10-4-6-12-35(31)38)18-16-29(28)22-40(51)41(37-15-17-50-39-14-8-7-13-36(37)39)52-26-27-19-32(42(44,45)46)23-33(20-27)43(47,48)49/h2-15,17,19-21,23,28-29,40-41H,1,16,18,22,24-26H2/q+1/t28-,29?,40?,41?,51+/m0/s1. The molecule has 0 N–H and O–H groups in total. The molecular formula is C43H37F6N2O+. The summed E-state index contributed by atoms with van der Waals surface area (Å²) in [5.74, 6) is 0.565. The van der Waals surface area contributed by atoms with Gasteiger partial charge in [-0.15, -0.1) is 6.58 Å². The lowest BCUT2D eigenvalue weighted by molar-refractivity contribution is -0.984. The molecule has 9 rings (SSSR count). The van der Waals surface area contributed by atoms with Crippen LogP contribution in [-0.2, 0) is 30.2 Å². The van der Waals surface area contributed by atoms with Gasteiger partial charge in [-0.2, -0.15) is 26.3 Å². The molecule has 3 nitrogen and oxygen atoms in total. The van der Waals surface area contributed by atoms with Gasteiger partial charge in [0.1, 0.15) is 18.7 Å². The number of ether oxygens (including phenoxy) is 1. The molecule has 4 heterocycles.